The monoisotopic (exact) mass is 428 g/mol. The first-order chi connectivity index (χ1) is 12.7. The van der Waals surface area contributed by atoms with Gasteiger partial charge in [-0.2, -0.15) is 0 Å². The molecule has 2 aliphatic rings. The highest BCUT2D eigenvalue weighted by Crippen LogP contribution is 2.32. The topological polar surface area (TPSA) is 74.8 Å². The number of hydrogen-bond donors (Lipinski definition) is 0. The van der Waals surface area contributed by atoms with Gasteiger partial charge in [0.05, 0.1) is 16.4 Å². The highest BCUT2D eigenvalue weighted by Gasteiger charge is 2.37. The lowest BCUT2D eigenvalue weighted by Gasteiger charge is -2.25. The summed E-state index contributed by atoms with van der Waals surface area (Å²) < 4.78 is 36.7. The largest absolute Gasteiger partial charge is 0.340 e. The summed E-state index contributed by atoms with van der Waals surface area (Å²) >= 11 is 6.25. The van der Waals surface area contributed by atoms with Crippen molar-refractivity contribution in [2.24, 2.45) is 0 Å². The summed E-state index contributed by atoms with van der Waals surface area (Å²) in [5.41, 5.74) is 0.523. The van der Waals surface area contributed by atoms with Gasteiger partial charge < -0.3 is 4.90 Å². The lowest BCUT2D eigenvalue weighted by atomic mass is 10.2. The van der Waals surface area contributed by atoms with Gasteiger partial charge in [0.2, 0.25) is 5.91 Å². The average molecular weight is 429 g/mol. The van der Waals surface area contributed by atoms with Crippen LogP contribution in [-0.4, -0.2) is 65.5 Å². The zero-order valence-corrected chi connectivity index (χ0v) is 16.9. The standard InChI is InChI=1S/C17H17FN2O4S3/c1-19(13-5-6-27(23,24)10-13)15(21)9-20-16(22)14(26-17(20)25)8-11-3-2-4-12(18)7-11/h2-4,7-8,13H,5-6,9-10H2,1H3/b14-8+/t13-/m1/s1. The maximum Gasteiger partial charge on any atom is 0.266 e. The first kappa shape index (κ1) is 20.0. The maximum atomic E-state index is 13.3. The fraction of sp³-hybridized carbons (Fsp3) is 0.353. The Morgan fingerprint density at radius 3 is 2.85 bits per heavy atom. The summed E-state index contributed by atoms with van der Waals surface area (Å²) in [5.74, 6) is -1.21. The van der Waals surface area contributed by atoms with Crippen molar-refractivity contribution in [3.63, 3.8) is 0 Å². The molecular formula is C17H17FN2O4S3. The minimum atomic E-state index is -3.11. The molecule has 0 unspecified atom stereocenters. The number of halogens is 1. The van der Waals surface area contributed by atoms with E-state index >= 15 is 0 Å². The summed E-state index contributed by atoms with van der Waals surface area (Å²) in [5, 5.41) is 0. The third kappa shape index (κ3) is 4.56. The minimum absolute atomic E-state index is 0.0622. The number of likely N-dealkylation sites (N-methyl/N-ethyl adjacent to an activating group) is 1. The number of thiocarbonyl (C=S) groups is 1. The second kappa shape index (κ2) is 7.69. The van der Waals surface area contributed by atoms with E-state index in [0.717, 1.165) is 11.8 Å². The molecule has 2 aliphatic heterocycles. The molecule has 3 rings (SSSR count). The SMILES string of the molecule is CN(C(=O)CN1C(=O)/C(=C\c2cccc(F)c2)SC1=S)[C@@H]1CCS(=O)(=O)C1. The van der Waals surface area contributed by atoms with Crippen LogP contribution >= 0.6 is 24.0 Å². The summed E-state index contributed by atoms with van der Waals surface area (Å²) in [7, 11) is -1.58. The fourth-order valence-corrected chi connectivity index (χ4v) is 5.94. The smallest absolute Gasteiger partial charge is 0.266 e. The van der Waals surface area contributed by atoms with Crippen LogP contribution in [0.3, 0.4) is 0 Å². The zero-order valence-electron chi connectivity index (χ0n) is 14.4. The Morgan fingerprint density at radius 2 is 2.22 bits per heavy atom. The van der Waals surface area contributed by atoms with Crippen molar-refractivity contribution in [2.75, 3.05) is 25.1 Å². The molecule has 2 saturated heterocycles. The van der Waals surface area contributed by atoms with E-state index in [1.165, 1.54) is 41.1 Å². The van der Waals surface area contributed by atoms with Gasteiger partial charge in [-0.15, -0.1) is 0 Å². The first-order valence-corrected chi connectivity index (χ1v) is 11.2. The maximum absolute atomic E-state index is 13.3. The van der Waals surface area contributed by atoms with Crippen molar-refractivity contribution in [3.05, 3.63) is 40.6 Å². The molecule has 0 aliphatic carbocycles. The highest BCUT2D eigenvalue weighted by atomic mass is 32.2. The Labute approximate surface area is 166 Å². The van der Waals surface area contributed by atoms with Gasteiger partial charge in [-0.25, -0.2) is 12.8 Å². The predicted molar refractivity (Wildman–Crippen MR) is 106 cm³/mol. The van der Waals surface area contributed by atoms with Gasteiger partial charge >= 0.3 is 0 Å². The predicted octanol–water partition coefficient (Wildman–Crippen LogP) is 1.67. The van der Waals surface area contributed by atoms with Gasteiger partial charge in [0.15, 0.2) is 9.84 Å². The van der Waals surface area contributed by atoms with Gasteiger partial charge in [-0.1, -0.05) is 36.1 Å². The van der Waals surface area contributed by atoms with Crippen molar-refractivity contribution >= 4 is 56.0 Å². The average Bonchev–Trinajstić information content (AvgIpc) is 3.08. The number of carbonyl (C=O) groups excluding carboxylic acids is 2. The van der Waals surface area contributed by atoms with Crippen LogP contribution in [0.5, 0.6) is 0 Å². The highest BCUT2D eigenvalue weighted by molar-refractivity contribution is 8.26. The number of thioether (sulfide) groups is 1. The molecule has 1 atom stereocenters. The fourth-order valence-electron chi connectivity index (χ4n) is 2.92. The summed E-state index contributed by atoms with van der Waals surface area (Å²) in [6.07, 6.45) is 1.92. The van der Waals surface area contributed by atoms with E-state index in [2.05, 4.69) is 0 Å². The molecule has 10 heteroatoms. The van der Waals surface area contributed by atoms with E-state index in [-0.39, 0.29) is 34.3 Å². The van der Waals surface area contributed by atoms with Crippen molar-refractivity contribution < 1.29 is 22.4 Å². The number of hydrogen-bond acceptors (Lipinski definition) is 6. The van der Waals surface area contributed by atoms with Gasteiger partial charge in [-0.05, 0) is 30.2 Å². The van der Waals surface area contributed by atoms with Crippen LogP contribution in [0, 0.1) is 5.82 Å². The number of rotatable bonds is 4. The van der Waals surface area contributed by atoms with Crippen LogP contribution in [-0.2, 0) is 19.4 Å². The van der Waals surface area contributed by atoms with Crippen LogP contribution in [0.2, 0.25) is 0 Å². The molecule has 2 amide bonds. The molecule has 0 spiro atoms. The summed E-state index contributed by atoms with van der Waals surface area (Å²) in [6, 6.07) is 5.42. The number of sulfone groups is 1. The van der Waals surface area contributed by atoms with Crippen molar-refractivity contribution in [1.82, 2.24) is 9.80 Å². The van der Waals surface area contributed by atoms with Gasteiger partial charge in [0.1, 0.15) is 16.7 Å². The van der Waals surface area contributed by atoms with Crippen LogP contribution < -0.4 is 0 Å². The molecule has 0 bridgehead atoms. The molecule has 0 saturated carbocycles. The molecule has 2 heterocycles. The third-order valence-corrected chi connectivity index (χ3v) is 7.59. The Hall–Kier alpha value is -1.78. The van der Waals surface area contributed by atoms with Crippen LogP contribution in [0.1, 0.15) is 12.0 Å². The van der Waals surface area contributed by atoms with Crippen LogP contribution in [0.4, 0.5) is 4.39 Å². The lowest BCUT2D eigenvalue weighted by molar-refractivity contribution is -0.135. The van der Waals surface area contributed by atoms with E-state index in [0.29, 0.717) is 16.9 Å². The van der Waals surface area contributed by atoms with Gasteiger partial charge in [0.25, 0.3) is 5.91 Å². The van der Waals surface area contributed by atoms with E-state index in [1.54, 1.807) is 6.07 Å². The first-order valence-electron chi connectivity index (χ1n) is 8.13. The number of carbonyl (C=O) groups is 2. The van der Waals surface area contributed by atoms with E-state index in [9.17, 15) is 22.4 Å². The number of benzene rings is 1. The molecule has 2 fully saturated rings. The third-order valence-electron chi connectivity index (χ3n) is 4.46. The molecular weight excluding hydrogens is 411 g/mol. The Morgan fingerprint density at radius 1 is 1.48 bits per heavy atom. The van der Waals surface area contributed by atoms with E-state index < -0.39 is 21.6 Å². The molecule has 0 N–H and O–H groups in total. The van der Waals surface area contributed by atoms with Gasteiger partial charge in [-0.3, -0.25) is 14.5 Å². The van der Waals surface area contributed by atoms with Crippen molar-refractivity contribution in [2.45, 2.75) is 12.5 Å². The lowest BCUT2D eigenvalue weighted by Crippen LogP contribution is -2.45. The van der Waals surface area contributed by atoms with Gasteiger partial charge in [0, 0.05) is 13.1 Å². The molecule has 0 radical (unpaired) electrons. The molecule has 1 aromatic carbocycles. The minimum Gasteiger partial charge on any atom is -0.340 e. The van der Waals surface area contributed by atoms with Crippen LogP contribution in [0.15, 0.2) is 29.2 Å². The molecule has 144 valence electrons. The Kier molecular flexibility index (Phi) is 5.68. The van der Waals surface area contributed by atoms with Crippen molar-refractivity contribution in [3.8, 4) is 0 Å². The molecule has 27 heavy (non-hydrogen) atoms. The van der Waals surface area contributed by atoms with E-state index in [1.807, 2.05) is 0 Å². The second-order valence-corrected chi connectivity index (χ2v) is 10.3. The molecule has 1 aromatic rings. The Balaban J connectivity index is 1.69. The normalized spacial score (nSPS) is 23.3. The number of nitrogens with zero attached hydrogens (tertiary/aromatic N) is 2. The van der Waals surface area contributed by atoms with Crippen molar-refractivity contribution in [1.29, 1.82) is 0 Å². The van der Waals surface area contributed by atoms with E-state index in [4.69, 9.17) is 12.2 Å². The summed E-state index contributed by atoms with van der Waals surface area (Å²) in [4.78, 5) is 27.9. The summed E-state index contributed by atoms with van der Waals surface area (Å²) in [6.45, 7) is -0.252. The zero-order chi connectivity index (χ0) is 19.8. The Bertz CT molecular complexity index is 945. The molecule has 6 nitrogen and oxygen atoms in total. The second-order valence-electron chi connectivity index (χ2n) is 6.38. The quantitative estimate of drug-likeness (QED) is 0.537. The number of amides is 2. The van der Waals surface area contributed by atoms with Crippen LogP contribution in [0.25, 0.3) is 6.08 Å². The molecule has 0 aromatic heterocycles.